The molecule has 0 saturated carbocycles. The normalized spacial score (nSPS) is 13.9. The lowest BCUT2D eigenvalue weighted by Crippen LogP contribution is -2.42. The van der Waals surface area contributed by atoms with Crippen molar-refractivity contribution in [2.45, 2.75) is 24.5 Å². The molecule has 3 aromatic carbocycles. The molecule has 8 nitrogen and oxygen atoms in total. The van der Waals surface area contributed by atoms with Crippen LogP contribution in [0.5, 0.6) is 0 Å². The van der Waals surface area contributed by atoms with Crippen LogP contribution in [0.4, 0.5) is 10.5 Å². The van der Waals surface area contributed by atoms with Crippen molar-refractivity contribution in [3.63, 3.8) is 0 Å². The first kappa shape index (κ1) is 24.3. The molecular formula is C27H28N2O6. The largest absolute Gasteiger partial charge is 0.480 e. The van der Waals surface area contributed by atoms with E-state index in [9.17, 15) is 19.8 Å². The molecule has 4 rings (SSSR count). The molecule has 5 N–H and O–H groups in total. The van der Waals surface area contributed by atoms with Crippen molar-refractivity contribution >= 4 is 17.7 Å². The first-order chi connectivity index (χ1) is 17.0. The summed E-state index contributed by atoms with van der Waals surface area (Å²) in [7, 11) is 0. The first-order valence-electron chi connectivity index (χ1n) is 11.4. The number of amides is 1. The number of aliphatic hydroxyl groups is 2. The van der Waals surface area contributed by atoms with Crippen molar-refractivity contribution in [2.75, 3.05) is 25.1 Å². The Morgan fingerprint density at radius 3 is 2.09 bits per heavy atom. The Kier molecular flexibility index (Phi) is 7.64. The Hall–Kier alpha value is -3.88. The Morgan fingerprint density at radius 1 is 0.914 bits per heavy atom. The van der Waals surface area contributed by atoms with Gasteiger partial charge in [0.25, 0.3) is 0 Å². The molecular weight excluding hydrogens is 448 g/mol. The Labute approximate surface area is 203 Å². The first-order valence-corrected chi connectivity index (χ1v) is 11.4. The monoisotopic (exact) mass is 476 g/mol. The topological polar surface area (TPSA) is 128 Å². The quantitative estimate of drug-likeness (QED) is 0.304. The van der Waals surface area contributed by atoms with Gasteiger partial charge in [-0.15, -0.1) is 0 Å². The van der Waals surface area contributed by atoms with Gasteiger partial charge in [0.05, 0.1) is 12.7 Å². The zero-order chi connectivity index (χ0) is 24.8. The lowest BCUT2D eigenvalue weighted by molar-refractivity contribution is -0.139. The highest BCUT2D eigenvalue weighted by Crippen LogP contribution is 2.44. The number of aliphatic carboxylic acids is 1. The van der Waals surface area contributed by atoms with Crippen molar-refractivity contribution < 1.29 is 29.6 Å². The number of carboxylic acid groups (broad SMARTS) is 1. The van der Waals surface area contributed by atoms with Gasteiger partial charge in [-0.2, -0.15) is 0 Å². The molecule has 0 bridgehead atoms. The third-order valence-corrected chi connectivity index (χ3v) is 6.08. The number of hydrogen-bond donors (Lipinski definition) is 5. The zero-order valence-electron chi connectivity index (χ0n) is 19.1. The molecule has 0 spiro atoms. The third-order valence-electron chi connectivity index (χ3n) is 6.08. The highest BCUT2D eigenvalue weighted by Gasteiger charge is 2.29. The summed E-state index contributed by atoms with van der Waals surface area (Å²) in [5.74, 6) is -1.27. The lowest BCUT2D eigenvalue weighted by atomic mass is 9.98. The van der Waals surface area contributed by atoms with Crippen LogP contribution in [0, 0.1) is 0 Å². The van der Waals surface area contributed by atoms with Crippen LogP contribution in [0.25, 0.3) is 11.1 Å². The fourth-order valence-electron chi connectivity index (χ4n) is 4.28. The van der Waals surface area contributed by atoms with Gasteiger partial charge in [0, 0.05) is 24.6 Å². The summed E-state index contributed by atoms with van der Waals surface area (Å²) in [6, 6.07) is 21.8. The van der Waals surface area contributed by atoms with Crippen molar-refractivity contribution in [1.82, 2.24) is 5.32 Å². The Bertz CT molecular complexity index is 1130. The molecule has 2 atom stereocenters. The fraction of sp³-hybridized carbons (Fsp3) is 0.259. The van der Waals surface area contributed by atoms with Gasteiger partial charge < -0.3 is 30.7 Å². The summed E-state index contributed by atoms with van der Waals surface area (Å²) in [6.45, 7) is -0.0455. The number of alkyl carbamates (subject to hydrolysis) is 1. The summed E-state index contributed by atoms with van der Waals surface area (Å²) in [4.78, 5) is 24.3. The number of nitrogens with one attached hydrogen (secondary N) is 2. The average Bonchev–Trinajstić information content (AvgIpc) is 3.20. The van der Waals surface area contributed by atoms with Gasteiger partial charge in [-0.25, -0.2) is 9.59 Å². The van der Waals surface area contributed by atoms with Crippen LogP contribution >= 0.6 is 0 Å². The van der Waals surface area contributed by atoms with E-state index in [0.717, 1.165) is 27.9 Å². The minimum Gasteiger partial charge on any atom is -0.480 e. The number of benzene rings is 3. The van der Waals surface area contributed by atoms with E-state index >= 15 is 0 Å². The van der Waals surface area contributed by atoms with Crippen molar-refractivity contribution in [1.29, 1.82) is 0 Å². The standard InChI is InChI=1S/C27H28N2O6/c30-15-19(31)14-28-18-11-9-17(10-12-18)13-25(26(32)33)29-27(34)35-16-24-22-7-3-1-5-20(22)21-6-2-4-8-23(21)24/h1-12,19,24-25,28,30-31H,13-16H2,(H,29,34)(H,32,33). The Morgan fingerprint density at radius 2 is 1.51 bits per heavy atom. The summed E-state index contributed by atoms with van der Waals surface area (Å²) in [5.41, 5.74) is 5.82. The molecule has 0 saturated heterocycles. The van der Waals surface area contributed by atoms with E-state index in [1.807, 2.05) is 48.5 Å². The molecule has 0 radical (unpaired) electrons. The van der Waals surface area contributed by atoms with Crippen molar-refractivity contribution in [2.24, 2.45) is 0 Å². The number of anilines is 1. The van der Waals surface area contributed by atoms with Gasteiger partial charge >= 0.3 is 12.1 Å². The zero-order valence-corrected chi connectivity index (χ0v) is 19.1. The summed E-state index contributed by atoms with van der Waals surface area (Å²) < 4.78 is 5.47. The van der Waals surface area contributed by atoms with Gasteiger partial charge in [-0.3, -0.25) is 0 Å². The second-order valence-corrected chi connectivity index (χ2v) is 8.48. The number of ether oxygens (including phenoxy) is 1. The maximum Gasteiger partial charge on any atom is 0.407 e. The van der Waals surface area contributed by atoms with Crippen LogP contribution in [0.1, 0.15) is 22.6 Å². The molecule has 2 unspecified atom stereocenters. The van der Waals surface area contributed by atoms with Crippen LogP contribution < -0.4 is 10.6 Å². The molecule has 1 aliphatic rings. The Balaban J connectivity index is 1.35. The molecule has 182 valence electrons. The second-order valence-electron chi connectivity index (χ2n) is 8.48. The smallest absolute Gasteiger partial charge is 0.407 e. The van der Waals surface area contributed by atoms with Gasteiger partial charge in [0.1, 0.15) is 12.6 Å². The SMILES string of the molecule is O=C(NC(Cc1ccc(NCC(O)CO)cc1)C(=O)O)OCC1c2ccccc2-c2ccccc21. The highest BCUT2D eigenvalue weighted by atomic mass is 16.5. The van der Waals surface area contributed by atoms with E-state index in [2.05, 4.69) is 10.6 Å². The van der Waals surface area contributed by atoms with Crippen LogP contribution in [0.15, 0.2) is 72.8 Å². The van der Waals surface area contributed by atoms with E-state index < -0.39 is 24.2 Å². The summed E-state index contributed by atoms with van der Waals surface area (Å²) in [6.07, 6.45) is -1.57. The van der Waals surface area contributed by atoms with Crippen molar-refractivity contribution in [3.8, 4) is 11.1 Å². The number of rotatable bonds is 10. The fourth-order valence-corrected chi connectivity index (χ4v) is 4.28. The van der Waals surface area contributed by atoms with Gasteiger partial charge in [-0.05, 0) is 39.9 Å². The number of carboxylic acids is 1. The van der Waals surface area contributed by atoms with E-state index in [0.29, 0.717) is 5.56 Å². The lowest BCUT2D eigenvalue weighted by Gasteiger charge is -2.18. The van der Waals surface area contributed by atoms with Crippen LogP contribution in [0.2, 0.25) is 0 Å². The van der Waals surface area contributed by atoms with Crippen LogP contribution in [0.3, 0.4) is 0 Å². The molecule has 0 aliphatic heterocycles. The van der Waals surface area contributed by atoms with Gasteiger partial charge in [0.15, 0.2) is 0 Å². The number of fused-ring (bicyclic) bond motifs is 3. The number of carbonyl (C=O) groups is 2. The second kappa shape index (κ2) is 11.0. The highest BCUT2D eigenvalue weighted by molar-refractivity contribution is 5.81. The predicted molar refractivity (Wildman–Crippen MR) is 131 cm³/mol. The number of carbonyl (C=O) groups excluding carboxylic acids is 1. The van der Waals surface area contributed by atoms with Gasteiger partial charge in [0.2, 0.25) is 0 Å². The minimum absolute atomic E-state index is 0.0824. The van der Waals surface area contributed by atoms with Gasteiger partial charge in [-0.1, -0.05) is 60.7 Å². The predicted octanol–water partition coefficient (Wildman–Crippen LogP) is 2.99. The van der Waals surface area contributed by atoms with E-state index in [1.54, 1.807) is 24.3 Å². The maximum absolute atomic E-state index is 12.5. The molecule has 1 aliphatic carbocycles. The van der Waals surface area contributed by atoms with E-state index in [-0.39, 0.29) is 32.1 Å². The number of hydrogen-bond acceptors (Lipinski definition) is 6. The molecule has 8 heteroatoms. The molecule has 3 aromatic rings. The average molecular weight is 477 g/mol. The summed E-state index contributed by atoms with van der Waals surface area (Å²) >= 11 is 0. The minimum atomic E-state index is -1.16. The molecule has 0 heterocycles. The van der Waals surface area contributed by atoms with Crippen molar-refractivity contribution in [3.05, 3.63) is 89.5 Å². The summed E-state index contributed by atoms with van der Waals surface area (Å²) in [5, 5.41) is 33.3. The maximum atomic E-state index is 12.5. The molecule has 0 aromatic heterocycles. The molecule has 1 amide bonds. The van der Waals surface area contributed by atoms with Crippen LogP contribution in [-0.4, -0.2) is 59.3 Å². The molecule has 0 fully saturated rings. The van der Waals surface area contributed by atoms with E-state index in [4.69, 9.17) is 9.84 Å². The number of aliphatic hydroxyl groups excluding tert-OH is 2. The molecule has 35 heavy (non-hydrogen) atoms. The van der Waals surface area contributed by atoms with E-state index in [1.165, 1.54) is 0 Å². The third kappa shape index (κ3) is 5.79. The van der Waals surface area contributed by atoms with Crippen LogP contribution in [-0.2, 0) is 16.0 Å².